The molecule has 0 spiro atoms. The van der Waals surface area contributed by atoms with Gasteiger partial charge in [-0.05, 0) is 36.6 Å². The number of imidazole rings is 1. The molecule has 1 aliphatic rings. The molecule has 4 rings (SSSR count). The number of likely N-dealkylation sites (tertiary alicyclic amines) is 1. The number of carbonyl (C=O) groups excluding carboxylic acids is 1. The van der Waals surface area contributed by atoms with Crippen LogP contribution < -0.4 is 5.32 Å². The summed E-state index contributed by atoms with van der Waals surface area (Å²) in [4.78, 5) is 23.0. The number of anilines is 1. The van der Waals surface area contributed by atoms with Crippen LogP contribution in [0.5, 0.6) is 0 Å². The Bertz CT molecular complexity index is 983. The lowest BCUT2D eigenvalue weighted by molar-refractivity contribution is 0.220. The maximum Gasteiger partial charge on any atom is 0.321 e. The zero-order valence-electron chi connectivity index (χ0n) is 14.8. The fourth-order valence-electron chi connectivity index (χ4n) is 3.52. The average Bonchev–Trinajstić information content (AvgIpc) is 3.20. The lowest BCUT2D eigenvalue weighted by Gasteiger charge is -2.17. The zero-order chi connectivity index (χ0) is 19.0. The van der Waals surface area contributed by atoms with E-state index >= 15 is 0 Å². The number of hydrogen-bond acceptors (Lipinski definition) is 3. The zero-order valence-corrected chi connectivity index (χ0v) is 14.8. The van der Waals surface area contributed by atoms with E-state index < -0.39 is 11.6 Å². The first-order valence-corrected chi connectivity index (χ1v) is 8.78. The molecule has 0 radical (unpaired) electrons. The van der Waals surface area contributed by atoms with Gasteiger partial charge in [0, 0.05) is 44.5 Å². The van der Waals surface area contributed by atoms with Gasteiger partial charge in [0.1, 0.15) is 23.0 Å². The first-order valence-electron chi connectivity index (χ1n) is 8.78. The van der Waals surface area contributed by atoms with Crippen molar-refractivity contribution in [3.63, 3.8) is 0 Å². The fourth-order valence-corrected chi connectivity index (χ4v) is 3.52. The Kier molecular flexibility index (Phi) is 4.47. The minimum absolute atomic E-state index is 0.113. The van der Waals surface area contributed by atoms with Gasteiger partial charge in [0.2, 0.25) is 0 Å². The van der Waals surface area contributed by atoms with E-state index in [9.17, 15) is 13.6 Å². The van der Waals surface area contributed by atoms with Crippen LogP contribution in [0.2, 0.25) is 0 Å². The fraction of sp³-hybridized carbons (Fsp3) is 0.316. The van der Waals surface area contributed by atoms with E-state index in [4.69, 9.17) is 0 Å². The molecule has 3 aromatic rings. The molecule has 0 bridgehead atoms. The van der Waals surface area contributed by atoms with Gasteiger partial charge in [-0.3, -0.25) is 0 Å². The van der Waals surface area contributed by atoms with Gasteiger partial charge in [0.05, 0.1) is 0 Å². The molecule has 1 aromatic carbocycles. The molecule has 0 aliphatic carbocycles. The summed E-state index contributed by atoms with van der Waals surface area (Å²) in [6.45, 7) is 1.16. The van der Waals surface area contributed by atoms with E-state index in [1.54, 1.807) is 11.1 Å². The topological polar surface area (TPSA) is 63.1 Å². The second-order valence-corrected chi connectivity index (χ2v) is 6.83. The van der Waals surface area contributed by atoms with Crippen molar-refractivity contribution in [2.45, 2.75) is 12.8 Å². The van der Waals surface area contributed by atoms with Crippen molar-refractivity contribution in [2.24, 2.45) is 13.0 Å². The second kappa shape index (κ2) is 6.94. The standard InChI is InChI=1S/C19H19F2N5O/c1-25-17(24-16-3-2-5-22-18(16)25)7-12-4-6-26(11-12)19(27)23-15-9-13(20)8-14(21)10-15/h2-3,5,8-10,12H,4,6-7,11H2,1H3,(H,23,27). The van der Waals surface area contributed by atoms with Crippen molar-refractivity contribution >= 4 is 22.9 Å². The number of rotatable bonds is 3. The van der Waals surface area contributed by atoms with E-state index in [0.29, 0.717) is 13.1 Å². The van der Waals surface area contributed by atoms with E-state index in [-0.39, 0.29) is 17.6 Å². The molecule has 8 heteroatoms. The van der Waals surface area contributed by atoms with Gasteiger partial charge >= 0.3 is 6.03 Å². The summed E-state index contributed by atoms with van der Waals surface area (Å²) in [5, 5.41) is 2.56. The second-order valence-electron chi connectivity index (χ2n) is 6.83. The molecular weight excluding hydrogens is 352 g/mol. The smallest absolute Gasteiger partial charge is 0.321 e. The highest BCUT2D eigenvalue weighted by Gasteiger charge is 2.28. The lowest BCUT2D eigenvalue weighted by Crippen LogP contribution is -2.33. The van der Waals surface area contributed by atoms with Crippen LogP contribution in [0.25, 0.3) is 11.2 Å². The maximum absolute atomic E-state index is 13.3. The summed E-state index contributed by atoms with van der Waals surface area (Å²) >= 11 is 0. The van der Waals surface area contributed by atoms with Crippen LogP contribution in [0.4, 0.5) is 19.3 Å². The molecule has 2 aromatic heterocycles. The number of nitrogens with zero attached hydrogens (tertiary/aromatic N) is 4. The van der Waals surface area contributed by atoms with Crippen LogP contribution >= 0.6 is 0 Å². The third-order valence-electron chi connectivity index (χ3n) is 4.88. The van der Waals surface area contributed by atoms with Gasteiger partial charge in [-0.2, -0.15) is 0 Å². The predicted octanol–water partition coefficient (Wildman–Crippen LogP) is 3.34. The number of benzene rings is 1. The number of halogens is 2. The number of nitrogens with one attached hydrogen (secondary N) is 1. The number of hydrogen-bond donors (Lipinski definition) is 1. The molecular formula is C19H19F2N5O. The van der Waals surface area contributed by atoms with Crippen LogP contribution in [-0.2, 0) is 13.5 Å². The number of fused-ring (bicyclic) bond motifs is 1. The molecule has 1 N–H and O–H groups in total. The highest BCUT2D eigenvalue weighted by Crippen LogP contribution is 2.23. The van der Waals surface area contributed by atoms with Crippen molar-refractivity contribution in [2.75, 3.05) is 18.4 Å². The Balaban J connectivity index is 1.40. The Labute approximate surface area is 154 Å². The number of aromatic nitrogens is 3. The third-order valence-corrected chi connectivity index (χ3v) is 4.88. The molecule has 1 atom stereocenters. The van der Waals surface area contributed by atoms with Crippen molar-refractivity contribution in [1.82, 2.24) is 19.4 Å². The molecule has 1 saturated heterocycles. The molecule has 1 unspecified atom stereocenters. The average molecular weight is 371 g/mol. The first kappa shape index (κ1) is 17.4. The normalized spacial score (nSPS) is 16.9. The molecule has 0 saturated carbocycles. The first-order chi connectivity index (χ1) is 13.0. The predicted molar refractivity (Wildman–Crippen MR) is 97.3 cm³/mol. The highest BCUT2D eigenvalue weighted by atomic mass is 19.1. The van der Waals surface area contributed by atoms with Gasteiger partial charge in [-0.15, -0.1) is 0 Å². The Morgan fingerprint density at radius 1 is 1.30 bits per heavy atom. The molecule has 1 aliphatic heterocycles. The summed E-state index contributed by atoms with van der Waals surface area (Å²) in [7, 11) is 1.94. The van der Waals surface area contributed by atoms with E-state index in [1.165, 1.54) is 0 Å². The van der Waals surface area contributed by atoms with Gasteiger partial charge in [0.15, 0.2) is 5.65 Å². The van der Waals surface area contributed by atoms with Gasteiger partial charge in [-0.1, -0.05) is 0 Å². The van der Waals surface area contributed by atoms with Crippen molar-refractivity contribution in [3.05, 3.63) is 54.0 Å². The van der Waals surface area contributed by atoms with Crippen molar-refractivity contribution < 1.29 is 13.6 Å². The Hall–Kier alpha value is -3.03. The molecule has 3 heterocycles. The Morgan fingerprint density at radius 2 is 2.07 bits per heavy atom. The monoisotopic (exact) mass is 371 g/mol. The number of aryl methyl sites for hydroxylation is 1. The van der Waals surface area contributed by atoms with E-state index in [2.05, 4.69) is 15.3 Å². The lowest BCUT2D eigenvalue weighted by atomic mass is 10.0. The number of urea groups is 1. The Morgan fingerprint density at radius 3 is 2.81 bits per heavy atom. The molecule has 6 nitrogen and oxygen atoms in total. The van der Waals surface area contributed by atoms with Crippen molar-refractivity contribution in [1.29, 1.82) is 0 Å². The van der Waals surface area contributed by atoms with Crippen LogP contribution in [0.15, 0.2) is 36.5 Å². The number of amides is 2. The summed E-state index contributed by atoms with van der Waals surface area (Å²) in [5.74, 6) is -0.237. The quantitative estimate of drug-likeness (QED) is 0.768. The summed E-state index contributed by atoms with van der Waals surface area (Å²) in [5.41, 5.74) is 1.81. The third kappa shape index (κ3) is 3.60. The van der Waals surface area contributed by atoms with Crippen LogP contribution in [0.1, 0.15) is 12.2 Å². The van der Waals surface area contributed by atoms with Crippen LogP contribution in [0, 0.1) is 17.6 Å². The van der Waals surface area contributed by atoms with Crippen molar-refractivity contribution in [3.8, 4) is 0 Å². The number of pyridine rings is 1. The highest BCUT2D eigenvalue weighted by molar-refractivity contribution is 5.89. The maximum atomic E-state index is 13.3. The number of carbonyl (C=O) groups is 1. The summed E-state index contributed by atoms with van der Waals surface area (Å²) in [6, 6.07) is 6.40. The molecule has 27 heavy (non-hydrogen) atoms. The van der Waals surface area contributed by atoms with Gasteiger partial charge < -0.3 is 14.8 Å². The van der Waals surface area contributed by atoms with E-state index in [1.807, 2.05) is 23.7 Å². The van der Waals surface area contributed by atoms with Gasteiger partial charge in [-0.25, -0.2) is 23.5 Å². The molecule has 1 fully saturated rings. The van der Waals surface area contributed by atoms with E-state index in [0.717, 1.165) is 48.0 Å². The van der Waals surface area contributed by atoms with Gasteiger partial charge in [0.25, 0.3) is 0 Å². The minimum Gasteiger partial charge on any atom is -0.324 e. The summed E-state index contributed by atoms with van der Waals surface area (Å²) < 4.78 is 28.5. The SMILES string of the molecule is Cn1c(CC2CCN(C(=O)Nc3cc(F)cc(F)c3)C2)nc2cccnc21. The van der Waals surface area contributed by atoms with Crippen LogP contribution in [-0.4, -0.2) is 38.6 Å². The van der Waals surface area contributed by atoms with Crippen LogP contribution in [0.3, 0.4) is 0 Å². The molecule has 140 valence electrons. The minimum atomic E-state index is -0.722. The molecule has 2 amide bonds. The largest absolute Gasteiger partial charge is 0.324 e. The summed E-state index contributed by atoms with van der Waals surface area (Å²) in [6.07, 6.45) is 3.33.